The first-order valence-electron chi connectivity index (χ1n) is 6.03. The molecular weight excluding hydrogens is 180 g/mol. The summed E-state index contributed by atoms with van der Waals surface area (Å²) in [6.45, 7) is 6.77. The summed E-state index contributed by atoms with van der Waals surface area (Å²) in [6.07, 6.45) is 5.04. The zero-order valence-electron chi connectivity index (χ0n) is 10.2. The van der Waals surface area contributed by atoms with Gasteiger partial charge in [-0.25, -0.2) is 0 Å². The second-order valence-electron chi connectivity index (χ2n) is 4.05. The van der Waals surface area contributed by atoms with Gasteiger partial charge in [0.2, 0.25) is 0 Å². The van der Waals surface area contributed by atoms with Gasteiger partial charge in [0.15, 0.2) is 0 Å². The quantitative estimate of drug-likeness (QED) is 0.626. The summed E-state index contributed by atoms with van der Waals surface area (Å²) < 4.78 is 0. The molecular formula is C15H22. The van der Waals surface area contributed by atoms with Crippen molar-refractivity contribution in [3.05, 3.63) is 41.5 Å². The first kappa shape index (κ1) is 12.0. The normalized spacial score (nSPS) is 12.5. The standard InChI is InChI=1S/C15H22/c1-4-6-10-14(5-2)13(3)15-11-8-7-9-12-15/h7-9,11-12H,4-6,10H2,1-3H3/b14-13-. The van der Waals surface area contributed by atoms with E-state index in [1.54, 1.807) is 5.57 Å². The maximum absolute atomic E-state index is 2.26. The maximum Gasteiger partial charge on any atom is -0.0228 e. The van der Waals surface area contributed by atoms with Crippen LogP contribution >= 0.6 is 0 Å². The van der Waals surface area contributed by atoms with Crippen molar-refractivity contribution in [1.82, 2.24) is 0 Å². The van der Waals surface area contributed by atoms with Gasteiger partial charge in [0.25, 0.3) is 0 Å². The van der Waals surface area contributed by atoms with Crippen molar-refractivity contribution in [2.75, 3.05) is 0 Å². The molecule has 0 aliphatic rings. The van der Waals surface area contributed by atoms with Crippen molar-refractivity contribution in [1.29, 1.82) is 0 Å². The maximum atomic E-state index is 2.26. The van der Waals surface area contributed by atoms with Crippen LogP contribution in [0.3, 0.4) is 0 Å². The van der Waals surface area contributed by atoms with E-state index >= 15 is 0 Å². The van der Waals surface area contributed by atoms with Crippen LogP contribution in [-0.2, 0) is 0 Å². The number of hydrogen-bond donors (Lipinski definition) is 0. The van der Waals surface area contributed by atoms with Crippen LogP contribution in [0.5, 0.6) is 0 Å². The highest BCUT2D eigenvalue weighted by atomic mass is 14.1. The molecule has 1 aromatic rings. The Labute approximate surface area is 94.0 Å². The Kier molecular flexibility index (Phi) is 5.17. The van der Waals surface area contributed by atoms with Gasteiger partial charge in [-0.05, 0) is 37.3 Å². The van der Waals surface area contributed by atoms with Crippen LogP contribution in [0.2, 0.25) is 0 Å². The second kappa shape index (κ2) is 6.44. The lowest BCUT2D eigenvalue weighted by Crippen LogP contribution is -1.88. The van der Waals surface area contributed by atoms with Crippen LogP contribution in [0.1, 0.15) is 52.0 Å². The molecule has 0 heteroatoms. The van der Waals surface area contributed by atoms with E-state index in [4.69, 9.17) is 0 Å². The Balaban J connectivity index is 2.85. The molecule has 0 aliphatic carbocycles. The van der Waals surface area contributed by atoms with Crippen molar-refractivity contribution >= 4 is 5.57 Å². The van der Waals surface area contributed by atoms with Gasteiger partial charge >= 0.3 is 0 Å². The van der Waals surface area contributed by atoms with E-state index in [-0.39, 0.29) is 0 Å². The topological polar surface area (TPSA) is 0 Å². The molecule has 0 spiro atoms. The smallest absolute Gasteiger partial charge is 0.0228 e. The molecule has 0 saturated carbocycles. The largest absolute Gasteiger partial charge is 0.0670 e. The van der Waals surface area contributed by atoms with Crippen molar-refractivity contribution in [3.63, 3.8) is 0 Å². The van der Waals surface area contributed by atoms with E-state index in [2.05, 4.69) is 51.1 Å². The minimum absolute atomic E-state index is 1.18. The highest BCUT2D eigenvalue weighted by molar-refractivity contribution is 5.66. The number of benzene rings is 1. The van der Waals surface area contributed by atoms with E-state index in [0.717, 1.165) is 0 Å². The van der Waals surface area contributed by atoms with Crippen molar-refractivity contribution in [3.8, 4) is 0 Å². The number of allylic oxidation sites excluding steroid dienone is 2. The van der Waals surface area contributed by atoms with Crippen LogP contribution in [-0.4, -0.2) is 0 Å². The van der Waals surface area contributed by atoms with E-state index < -0.39 is 0 Å². The molecule has 1 rings (SSSR count). The SMILES string of the molecule is CCCC/C(CC)=C(/C)c1ccccc1. The predicted molar refractivity (Wildman–Crippen MR) is 68.9 cm³/mol. The molecule has 0 heterocycles. The summed E-state index contributed by atoms with van der Waals surface area (Å²) in [5.41, 5.74) is 4.47. The third-order valence-corrected chi connectivity index (χ3v) is 3.00. The lowest BCUT2D eigenvalue weighted by atomic mass is 9.96. The zero-order valence-corrected chi connectivity index (χ0v) is 10.2. The lowest BCUT2D eigenvalue weighted by Gasteiger charge is -2.10. The van der Waals surface area contributed by atoms with Gasteiger partial charge in [-0.2, -0.15) is 0 Å². The molecule has 0 unspecified atom stereocenters. The average Bonchev–Trinajstić information content (AvgIpc) is 2.31. The molecule has 0 fully saturated rings. The summed E-state index contributed by atoms with van der Waals surface area (Å²) in [7, 11) is 0. The molecule has 1 aromatic carbocycles. The van der Waals surface area contributed by atoms with Crippen LogP contribution in [0.15, 0.2) is 35.9 Å². The first-order valence-corrected chi connectivity index (χ1v) is 6.03. The van der Waals surface area contributed by atoms with Crippen molar-refractivity contribution in [2.24, 2.45) is 0 Å². The summed E-state index contributed by atoms with van der Waals surface area (Å²) in [6, 6.07) is 10.7. The molecule has 0 aliphatic heterocycles. The van der Waals surface area contributed by atoms with E-state index in [1.807, 2.05) is 0 Å². The van der Waals surface area contributed by atoms with Gasteiger partial charge in [-0.15, -0.1) is 0 Å². The predicted octanol–water partition coefficient (Wildman–Crippen LogP) is 5.06. The van der Waals surface area contributed by atoms with Gasteiger partial charge in [0.05, 0.1) is 0 Å². The fourth-order valence-corrected chi connectivity index (χ4v) is 1.91. The average molecular weight is 202 g/mol. The Hall–Kier alpha value is -1.04. The van der Waals surface area contributed by atoms with Crippen LogP contribution in [0.25, 0.3) is 5.57 Å². The Morgan fingerprint density at radius 1 is 1.07 bits per heavy atom. The highest BCUT2D eigenvalue weighted by Gasteiger charge is 2.02. The van der Waals surface area contributed by atoms with Crippen LogP contribution in [0.4, 0.5) is 0 Å². The summed E-state index contributed by atoms with van der Waals surface area (Å²) in [4.78, 5) is 0. The Bertz CT molecular complexity index is 306. The van der Waals surface area contributed by atoms with Gasteiger partial charge in [-0.3, -0.25) is 0 Å². The molecule has 0 bridgehead atoms. The van der Waals surface area contributed by atoms with Crippen LogP contribution < -0.4 is 0 Å². The van der Waals surface area contributed by atoms with Gasteiger partial charge in [0, 0.05) is 0 Å². The van der Waals surface area contributed by atoms with Gasteiger partial charge in [0.1, 0.15) is 0 Å². The molecule has 0 aromatic heterocycles. The molecule has 0 N–H and O–H groups in total. The minimum atomic E-state index is 1.18. The Morgan fingerprint density at radius 3 is 2.27 bits per heavy atom. The molecule has 0 atom stereocenters. The Morgan fingerprint density at radius 2 is 1.73 bits per heavy atom. The fraction of sp³-hybridized carbons (Fsp3) is 0.467. The molecule has 0 radical (unpaired) electrons. The van der Waals surface area contributed by atoms with E-state index in [0.29, 0.717) is 0 Å². The number of hydrogen-bond acceptors (Lipinski definition) is 0. The van der Waals surface area contributed by atoms with E-state index in [9.17, 15) is 0 Å². The zero-order chi connectivity index (χ0) is 11.1. The monoisotopic (exact) mass is 202 g/mol. The third-order valence-electron chi connectivity index (χ3n) is 3.00. The van der Waals surface area contributed by atoms with Crippen molar-refractivity contribution in [2.45, 2.75) is 46.5 Å². The molecule has 82 valence electrons. The molecule has 0 amide bonds. The van der Waals surface area contributed by atoms with Gasteiger partial charge in [-0.1, -0.05) is 56.2 Å². The molecule has 15 heavy (non-hydrogen) atoms. The molecule has 0 saturated heterocycles. The number of unbranched alkanes of at least 4 members (excludes halogenated alkanes) is 1. The summed E-state index contributed by atoms with van der Waals surface area (Å²) >= 11 is 0. The minimum Gasteiger partial charge on any atom is -0.0670 e. The van der Waals surface area contributed by atoms with Crippen LogP contribution in [0, 0.1) is 0 Å². The number of rotatable bonds is 5. The highest BCUT2D eigenvalue weighted by Crippen LogP contribution is 2.23. The summed E-state index contributed by atoms with van der Waals surface area (Å²) in [5, 5.41) is 0. The second-order valence-corrected chi connectivity index (χ2v) is 4.05. The lowest BCUT2D eigenvalue weighted by molar-refractivity contribution is 0.767. The molecule has 0 nitrogen and oxygen atoms in total. The third kappa shape index (κ3) is 3.54. The van der Waals surface area contributed by atoms with Gasteiger partial charge < -0.3 is 0 Å². The fourth-order valence-electron chi connectivity index (χ4n) is 1.91. The van der Waals surface area contributed by atoms with E-state index in [1.165, 1.54) is 36.8 Å². The summed E-state index contributed by atoms with van der Waals surface area (Å²) in [5.74, 6) is 0. The van der Waals surface area contributed by atoms with Crippen molar-refractivity contribution < 1.29 is 0 Å². The first-order chi connectivity index (χ1) is 7.29.